The van der Waals surface area contributed by atoms with Gasteiger partial charge in [0.25, 0.3) is 10.0 Å². The van der Waals surface area contributed by atoms with Gasteiger partial charge in [0, 0.05) is 24.5 Å². The summed E-state index contributed by atoms with van der Waals surface area (Å²) in [4.78, 5) is 30.0. The van der Waals surface area contributed by atoms with Crippen molar-refractivity contribution in [3.8, 4) is 0 Å². The van der Waals surface area contributed by atoms with Crippen LogP contribution < -0.4 is 9.62 Å². The van der Waals surface area contributed by atoms with Gasteiger partial charge >= 0.3 is 0 Å². The molecule has 4 rings (SSSR count). The van der Waals surface area contributed by atoms with Crippen LogP contribution in [0.5, 0.6) is 0 Å². The van der Waals surface area contributed by atoms with Gasteiger partial charge in [0.05, 0.1) is 10.6 Å². The normalized spacial score (nSPS) is 11.9. The Morgan fingerprint density at radius 1 is 0.844 bits per heavy atom. The van der Waals surface area contributed by atoms with Crippen LogP contribution in [0.25, 0.3) is 0 Å². The zero-order valence-electron chi connectivity index (χ0n) is 25.9. The minimum Gasteiger partial charge on any atom is -0.354 e. The standard InChI is InChI=1S/C36H40ClN3O4S/c1-4-5-23-38-36(42)34(24-29-16-8-6-9-17-29)39(25-30-18-12-13-21-32(30)37)35(41)26-40(33-22-14-15-27(2)28(33)3)45(43,44)31-19-10-7-11-20-31/h6-22,34H,4-5,23-26H2,1-3H3,(H,38,42). The van der Waals surface area contributed by atoms with Gasteiger partial charge in [-0.1, -0.05) is 104 Å². The van der Waals surface area contributed by atoms with E-state index in [-0.39, 0.29) is 23.8 Å². The maximum absolute atomic E-state index is 14.6. The number of carbonyl (C=O) groups excluding carboxylic acids is 2. The van der Waals surface area contributed by atoms with Crippen molar-refractivity contribution in [2.24, 2.45) is 0 Å². The minimum absolute atomic E-state index is 0.0171. The van der Waals surface area contributed by atoms with Crippen LogP contribution in [0.1, 0.15) is 42.0 Å². The molecule has 0 aliphatic rings. The van der Waals surface area contributed by atoms with Gasteiger partial charge in [-0.25, -0.2) is 8.42 Å². The lowest BCUT2D eigenvalue weighted by atomic mass is 10.0. The Morgan fingerprint density at radius 3 is 2.16 bits per heavy atom. The number of sulfonamides is 1. The van der Waals surface area contributed by atoms with Crippen molar-refractivity contribution in [1.29, 1.82) is 0 Å². The molecule has 2 amide bonds. The quantitative estimate of drug-likeness (QED) is 0.155. The number of nitrogens with zero attached hydrogens (tertiary/aromatic N) is 2. The van der Waals surface area contributed by atoms with E-state index in [9.17, 15) is 18.0 Å². The number of amides is 2. The van der Waals surface area contributed by atoms with Gasteiger partial charge in [0.2, 0.25) is 11.8 Å². The lowest BCUT2D eigenvalue weighted by Gasteiger charge is -2.34. The van der Waals surface area contributed by atoms with E-state index in [0.717, 1.165) is 33.8 Å². The second kappa shape index (κ2) is 15.7. The molecule has 0 saturated heterocycles. The van der Waals surface area contributed by atoms with E-state index in [4.69, 9.17) is 11.6 Å². The van der Waals surface area contributed by atoms with Crippen LogP contribution in [0, 0.1) is 13.8 Å². The largest absolute Gasteiger partial charge is 0.354 e. The molecule has 9 heteroatoms. The molecule has 0 aliphatic carbocycles. The Bertz CT molecular complexity index is 1700. The lowest BCUT2D eigenvalue weighted by molar-refractivity contribution is -0.140. The van der Waals surface area contributed by atoms with Crippen LogP contribution in [0.2, 0.25) is 5.02 Å². The van der Waals surface area contributed by atoms with E-state index in [1.807, 2.05) is 63.2 Å². The van der Waals surface area contributed by atoms with Gasteiger partial charge in [0.15, 0.2) is 0 Å². The average Bonchev–Trinajstić information content (AvgIpc) is 3.04. The van der Waals surface area contributed by atoms with Gasteiger partial charge < -0.3 is 10.2 Å². The van der Waals surface area contributed by atoms with Crippen molar-refractivity contribution in [2.45, 2.75) is 57.5 Å². The second-order valence-electron chi connectivity index (χ2n) is 11.0. The molecule has 1 unspecified atom stereocenters. The Morgan fingerprint density at radius 2 is 1.49 bits per heavy atom. The van der Waals surface area contributed by atoms with Crippen molar-refractivity contribution >= 4 is 39.1 Å². The summed E-state index contributed by atoms with van der Waals surface area (Å²) in [7, 11) is -4.17. The van der Waals surface area contributed by atoms with E-state index in [1.54, 1.807) is 48.5 Å². The number of aryl methyl sites for hydroxylation is 1. The molecular formula is C36H40ClN3O4S. The summed E-state index contributed by atoms with van der Waals surface area (Å²) >= 11 is 6.57. The molecule has 0 heterocycles. The zero-order valence-corrected chi connectivity index (χ0v) is 27.5. The molecule has 0 aliphatic heterocycles. The van der Waals surface area contributed by atoms with Crippen molar-refractivity contribution in [2.75, 3.05) is 17.4 Å². The smallest absolute Gasteiger partial charge is 0.264 e. The Labute approximate surface area is 271 Å². The first kappa shape index (κ1) is 33.7. The maximum Gasteiger partial charge on any atom is 0.264 e. The highest BCUT2D eigenvalue weighted by Gasteiger charge is 2.35. The van der Waals surface area contributed by atoms with Crippen LogP contribution in [0.15, 0.2) is 108 Å². The van der Waals surface area contributed by atoms with Crippen molar-refractivity contribution in [3.63, 3.8) is 0 Å². The highest BCUT2D eigenvalue weighted by molar-refractivity contribution is 7.92. The summed E-state index contributed by atoms with van der Waals surface area (Å²) in [5, 5.41) is 3.45. The molecule has 45 heavy (non-hydrogen) atoms. The SMILES string of the molecule is CCCCNC(=O)C(Cc1ccccc1)N(Cc1ccccc1Cl)C(=O)CN(c1cccc(C)c1C)S(=O)(=O)c1ccccc1. The van der Waals surface area contributed by atoms with Crippen molar-refractivity contribution in [3.05, 3.63) is 130 Å². The molecule has 0 saturated carbocycles. The number of carbonyl (C=O) groups is 2. The first-order chi connectivity index (χ1) is 21.6. The van der Waals surface area contributed by atoms with E-state index in [2.05, 4.69) is 5.32 Å². The van der Waals surface area contributed by atoms with Crippen LogP contribution in [-0.2, 0) is 32.6 Å². The summed E-state index contributed by atoms with van der Waals surface area (Å²) in [6.45, 7) is 5.74. The molecule has 0 fully saturated rings. The van der Waals surface area contributed by atoms with Crippen LogP contribution in [0.4, 0.5) is 5.69 Å². The average molecular weight is 646 g/mol. The third-order valence-corrected chi connectivity index (χ3v) is 10.00. The summed E-state index contributed by atoms with van der Waals surface area (Å²) in [6, 6.07) is 29.1. The van der Waals surface area contributed by atoms with E-state index < -0.39 is 28.5 Å². The van der Waals surface area contributed by atoms with Crippen LogP contribution >= 0.6 is 11.6 Å². The van der Waals surface area contributed by atoms with Gasteiger partial charge in [0.1, 0.15) is 12.6 Å². The number of anilines is 1. The summed E-state index contributed by atoms with van der Waals surface area (Å²) in [6.07, 6.45) is 1.93. The number of benzene rings is 4. The monoisotopic (exact) mass is 645 g/mol. The highest BCUT2D eigenvalue weighted by atomic mass is 35.5. The second-order valence-corrected chi connectivity index (χ2v) is 13.3. The molecule has 1 atom stereocenters. The molecule has 236 valence electrons. The zero-order chi connectivity index (χ0) is 32.4. The first-order valence-electron chi connectivity index (χ1n) is 15.1. The maximum atomic E-state index is 14.6. The van der Waals surface area contributed by atoms with Crippen molar-refractivity contribution in [1.82, 2.24) is 10.2 Å². The summed E-state index contributed by atoms with van der Waals surface area (Å²) in [5.41, 5.74) is 3.54. The first-order valence-corrected chi connectivity index (χ1v) is 16.9. The third kappa shape index (κ3) is 8.53. The van der Waals surface area contributed by atoms with Crippen molar-refractivity contribution < 1.29 is 18.0 Å². The Kier molecular flexibility index (Phi) is 11.8. The molecule has 0 aromatic heterocycles. The predicted octanol–water partition coefficient (Wildman–Crippen LogP) is 6.71. The molecule has 7 nitrogen and oxygen atoms in total. The summed E-state index contributed by atoms with van der Waals surface area (Å²) in [5.74, 6) is -0.834. The fourth-order valence-electron chi connectivity index (χ4n) is 5.11. The number of unbranched alkanes of at least 4 members (excludes halogenated alkanes) is 1. The van der Waals surface area contributed by atoms with Gasteiger partial charge in [-0.3, -0.25) is 13.9 Å². The van der Waals surface area contributed by atoms with Gasteiger partial charge in [-0.15, -0.1) is 0 Å². The van der Waals surface area contributed by atoms with Gasteiger partial charge in [-0.2, -0.15) is 0 Å². The summed E-state index contributed by atoms with van der Waals surface area (Å²) < 4.78 is 29.5. The lowest BCUT2D eigenvalue weighted by Crippen LogP contribution is -2.53. The number of rotatable bonds is 14. The Balaban J connectivity index is 1.82. The van der Waals surface area contributed by atoms with Crippen LogP contribution in [-0.4, -0.2) is 44.3 Å². The fraction of sp³-hybridized carbons (Fsp3) is 0.278. The van der Waals surface area contributed by atoms with Gasteiger partial charge in [-0.05, 0) is 66.8 Å². The molecular weight excluding hydrogens is 606 g/mol. The highest BCUT2D eigenvalue weighted by Crippen LogP contribution is 2.29. The number of hydrogen-bond donors (Lipinski definition) is 1. The molecule has 0 radical (unpaired) electrons. The number of hydrogen-bond acceptors (Lipinski definition) is 4. The molecule has 0 spiro atoms. The minimum atomic E-state index is -4.17. The van der Waals surface area contributed by atoms with E-state index in [1.165, 1.54) is 17.0 Å². The predicted molar refractivity (Wildman–Crippen MR) is 181 cm³/mol. The van der Waals surface area contributed by atoms with Crippen LogP contribution in [0.3, 0.4) is 0 Å². The fourth-order valence-corrected chi connectivity index (χ4v) is 6.80. The van der Waals surface area contributed by atoms with E-state index >= 15 is 0 Å². The Hall–Kier alpha value is -4.14. The molecule has 0 bridgehead atoms. The third-order valence-electron chi connectivity index (χ3n) is 7.85. The number of halogens is 1. The number of nitrogens with one attached hydrogen (secondary N) is 1. The molecule has 4 aromatic rings. The molecule has 1 N–H and O–H groups in total. The molecule has 4 aromatic carbocycles. The van der Waals surface area contributed by atoms with E-state index in [0.29, 0.717) is 22.8 Å². The topological polar surface area (TPSA) is 86.8 Å².